The van der Waals surface area contributed by atoms with E-state index < -0.39 is 54.1 Å². The molecule has 0 heterocycles. The molecule has 0 aliphatic rings. The molecule has 13 heteroatoms. The third-order valence-corrected chi connectivity index (χ3v) is 5.89. The summed E-state index contributed by atoms with van der Waals surface area (Å²) in [5.74, 6) is -2.95. The molecule has 1 N–H and O–H groups in total. The Kier molecular flexibility index (Phi) is 16.5. The van der Waals surface area contributed by atoms with E-state index in [9.17, 15) is 53.8 Å². The molecule has 0 aliphatic heterocycles. The van der Waals surface area contributed by atoms with Crippen molar-refractivity contribution in [1.82, 2.24) is 0 Å². The van der Waals surface area contributed by atoms with Gasteiger partial charge in [-0.25, -0.2) is 13.2 Å². The zero-order valence-electron chi connectivity index (χ0n) is 25.2. The summed E-state index contributed by atoms with van der Waals surface area (Å²) in [5, 5.41) is 9.24. The lowest BCUT2D eigenvalue weighted by molar-refractivity contribution is -0.253. The Morgan fingerprint density at radius 2 is 1.64 bits per heavy atom. The van der Waals surface area contributed by atoms with E-state index in [1.54, 1.807) is 6.08 Å². The number of halogens is 10. The summed E-state index contributed by atoms with van der Waals surface area (Å²) in [6.07, 6.45) is -4.73. The molecule has 0 aliphatic carbocycles. The third-order valence-electron chi connectivity index (χ3n) is 5.89. The average molecular weight is 679 g/mol. The summed E-state index contributed by atoms with van der Waals surface area (Å²) in [7, 11) is 0. The second kappa shape index (κ2) is 19.2. The number of hydrogen-bond donors (Lipinski definition) is 1. The number of carbonyl (C=O) groups excluding carboxylic acids is 1. The van der Waals surface area contributed by atoms with E-state index in [4.69, 9.17) is 0 Å². The Morgan fingerprint density at radius 1 is 0.979 bits per heavy atom. The molecule has 0 unspecified atom stereocenters. The van der Waals surface area contributed by atoms with Gasteiger partial charge in [0.15, 0.2) is 11.6 Å². The van der Waals surface area contributed by atoms with Crippen LogP contribution in [0, 0.1) is 11.6 Å². The highest BCUT2D eigenvalue weighted by Gasteiger charge is 2.44. The second-order valence-corrected chi connectivity index (χ2v) is 9.55. The monoisotopic (exact) mass is 678 g/mol. The molecule has 0 amide bonds. The number of benzene rings is 3. The molecule has 0 radical (unpaired) electrons. The molecular weight excluding hydrogens is 646 g/mol. The van der Waals surface area contributed by atoms with E-state index in [0.717, 1.165) is 42.0 Å². The zero-order valence-corrected chi connectivity index (χ0v) is 25.2. The van der Waals surface area contributed by atoms with Crippen molar-refractivity contribution in [3.63, 3.8) is 0 Å². The predicted molar refractivity (Wildman–Crippen MR) is 158 cm³/mol. The number of hydrogen-bond acceptors (Lipinski definition) is 3. The van der Waals surface area contributed by atoms with Crippen LogP contribution in [0.2, 0.25) is 0 Å². The first-order valence-electron chi connectivity index (χ1n) is 13.8. The van der Waals surface area contributed by atoms with Gasteiger partial charge in [0.05, 0.1) is 5.56 Å². The van der Waals surface area contributed by atoms with E-state index in [0.29, 0.717) is 24.5 Å². The number of carbonyl (C=O) groups is 1. The highest BCUT2D eigenvalue weighted by atomic mass is 19.4. The zero-order chi connectivity index (χ0) is 35.8. The fraction of sp³-hybridized carbons (Fsp3) is 0.265. The maximum absolute atomic E-state index is 13.4. The lowest BCUT2D eigenvalue weighted by Gasteiger charge is -2.17. The molecule has 0 bridgehead atoms. The lowest BCUT2D eigenvalue weighted by Crippen LogP contribution is -2.33. The van der Waals surface area contributed by atoms with E-state index in [2.05, 4.69) is 11.3 Å². The summed E-state index contributed by atoms with van der Waals surface area (Å²) >= 11 is 0. The smallest absolute Gasteiger partial charge is 0.461 e. The van der Waals surface area contributed by atoms with Crippen LogP contribution in [-0.4, -0.2) is 23.4 Å². The molecule has 3 aromatic carbocycles. The van der Waals surface area contributed by atoms with Gasteiger partial charge < -0.3 is 9.84 Å². The number of rotatable bonds is 11. The number of alkyl halides is 8. The average Bonchev–Trinajstić information content (AvgIpc) is 3.00. The molecule has 256 valence electrons. The van der Waals surface area contributed by atoms with Crippen LogP contribution in [0.15, 0.2) is 97.1 Å². The van der Waals surface area contributed by atoms with Crippen LogP contribution in [0.4, 0.5) is 43.9 Å². The van der Waals surface area contributed by atoms with Gasteiger partial charge in [0.25, 0.3) is 0 Å². The van der Waals surface area contributed by atoms with Crippen molar-refractivity contribution in [1.29, 1.82) is 0 Å². The summed E-state index contributed by atoms with van der Waals surface area (Å²) in [6, 6.07) is 10.5. The molecule has 0 fully saturated rings. The minimum Gasteiger partial charge on any atom is -0.505 e. The van der Waals surface area contributed by atoms with Gasteiger partial charge in [0.2, 0.25) is 0 Å². The van der Waals surface area contributed by atoms with Crippen molar-refractivity contribution >= 4 is 5.78 Å². The van der Waals surface area contributed by atoms with E-state index in [1.807, 2.05) is 32.1 Å². The van der Waals surface area contributed by atoms with Crippen molar-refractivity contribution in [2.45, 2.75) is 58.5 Å². The highest BCUT2D eigenvalue weighted by molar-refractivity contribution is 5.81. The SMILES string of the molecule is C=C/C(=C\C=C/C)CC(=O)CC.FCc1ccccc1C(F)(F)F.Oc1cc(Cc2cc(F)cc(OC(F)(F)C(F)F)c2)ccc1F. The number of Topliss-reactive ketones (excluding diaryl/α,β-unsaturated/α-hetero) is 1. The first kappa shape index (κ1) is 40.5. The Bertz CT molecular complexity index is 1510. The molecule has 0 saturated heterocycles. The molecular formula is C34H32F10O3. The molecule has 3 rings (SSSR count). The van der Waals surface area contributed by atoms with Crippen molar-refractivity contribution in [3.8, 4) is 11.5 Å². The summed E-state index contributed by atoms with van der Waals surface area (Å²) in [6.45, 7) is 6.38. The van der Waals surface area contributed by atoms with Crippen molar-refractivity contribution in [2.24, 2.45) is 0 Å². The Hall–Kier alpha value is -4.55. The second-order valence-electron chi connectivity index (χ2n) is 9.55. The topological polar surface area (TPSA) is 46.5 Å². The van der Waals surface area contributed by atoms with Gasteiger partial charge in [0, 0.05) is 18.9 Å². The van der Waals surface area contributed by atoms with E-state index in [-0.39, 0.29) is 23.3 Å². The summed E-state index contributed by atoms with van der Waals surface area (Å²) in [4.78, 5) is 11.0. The van der Waals surface area contributed by atoms with Crippen LogP contribution in [0.3, 0.4) is 0 Å². The summed E-state index contributed by atoms with van der Waals surface area (Å²) in [5.41, 5.74) is 0.259. The van der Waals surface area contributed by atoms with Crippen LogP contribution in [0.1, 0.15) is 48.9 Å². The molecule has 0 saturated carbocycles. The van der Waals surface area contributed by atoms with Gasteiger partial charge in [-0.1, -0.05) is 62.1 Å². The van der Waals surface area contributed by atoms with Crippen molar-refractivity contribution < 1.29 is 58.5 Å². The summed E-state index contributed by atoms with van der Waals surface area (Å²) < 4.78 is 128. The maximum Gasteiger partial charge on any atom is 0.461 e. The molecule has 0 atom stereocenters. The van der Waals surface area contributed by atoms with Gasteiger partial charge >= 0.3 is 18.7 Å². The Morgan fingerprint density at radius 3 is 2.15 bits per heavy atom. The molecule has 3 aromatic rings. The van der Waals surface area contributed by atoms with E-state index in [1.165, 1.54) is 18.2 Å². The highest BCUT2D eigenvalue weighted by Crippen LogP contribution is 2.32. The molecule has 0 aromatic heterocycles. The number of phenolic OH excluding ortho intramolecular Hbond substituents is 1. The Labute approximate surface area is 265 Å². The minimum atomic E-state index is -4.75. The fourth-order valence-corrected chi connectivity index (χ4v) is 3.57. The number of allylic oxidation sites excluding steroid dienone is 5. The van der Waals surface area contributed by atoms with Crippen LogP contribution in [0.25, 0.3) is 0 Å². The quantitative estimate of drug-likeness (QED) is 0.162. The minimum absolute atomic E-state index is 0.0534. The number of aromatic hydroxyl groups is 1. The van der Waals surface area contributed by atoms with Gasteiger partial charge in [-0.05, 0) is 65.9 Å². The lowest BCUT2D eigenvalue weighted by atomic mass is 10.0. The van der Waals surface area contributed by atoms with E-state index >= 15 is 0 Å². The van der Waals surface area contributed by atoms with Gasteiger partial charge in [-0.3, -0.25) is 4.79 Å². The third kappa shape index (κ3) is 14.6. The number of ketones is 1. The number of phenols is 1. The Balaban J connectivity index is 0.000000389. The largest absolute Gasteiger partial charge is 0.505 e. The first-order chi connectivity index (χ1) is 22.0. The molecule has 0 spiro atoms. The molecule has 3 nitrogen and oxygen atoms in total. The van der Waals surface area contributed by atoms with Crippen LogP contribution in [0.5, 0.6) is 11.5 Å². The fourth-order valence-electron chi connectivity index (χ4n) is 3.57. The van der Waals surface area contributed by atoms with Crippen LogP contribution in [-0.2, 0) is 24.1 Å². The van der Waals surface area contributed by atoms with Crippen molar-refractivity contribution in [3.05, 3.63) is 131 Å². The maximum atomic E-state index is 13.4. The van der Waals surface area contributed by atoms with Gasteiger partial charge in [-0.2, -0.15) is 30.7 Å². The van der Waals surface area contributed by atoms with Gasteiger partial charge in [0.1, 0.15) is 24.0 Å². The van der Waals surface area contributed by atoms with Crippen LogP contribution < -0.4 is 4.74 Å². The van der Waals surface area contributed by atoms with Gasteiger partial charge in [-0.15, -0.1) is 0 Å². The normalized spacial score (nSPS) is 11.8. The molecule has 47 heavy (non-hydrogen) atoms. The van der Waals surface area contributed by atoms with Crippen LogP contribution >= 0.6 is 0 Å². The first-order valence-corrected chi connectivity index (χ1v) is 13.8. The number of ether oxygens (including phenoxy) is 1. The predicted octanol–water partition coefficient (Wildman–Crippen LogP) is 10.7. The standard InChI is InChI=1S/C15H10F6O2.C11H16O.C8H6F4/c16-10-4-9(3-8-1-2-12(17)13(22)6-8)5-11(7-10)23-15(20,21)14(18)19;1-4-7-8-10(5-2)9-11(12)6-3;9-5-6-3-1-2-4-7(6)8(10,11)12/h1-2,4-7,14,22H,3H2;4-5,7-8H,2,6,9H2,1,3H3;1-4H,5H2/b;7-4-,10-8+;. The van der Waals surface area contributed by atoms with Crippen molar-refractivity contribution in [2.75, 3.05) is 0 Å².